The van der Waals surface area contributed by atoms with Crippen molar-refractivity contribution >= 4 is 23.8 Å². The summed E-state index contributed by atoms with van der Waals surface area (Å²) in [4.78, 5) is 48.7. The van der Waals surface area contributed by atoms with E-state index in [9.17, 15) is 19.2 Å². The lowest BCUT2D eigenvalue weighted by molar-refractivity contribution is -0.137. The van der Waals surface area contributed by atoms with E-state index in [4.69, 9.17) is 5.11 Å². The highest BCUT2D eigenvalue weighted by Crippen LogP contribution is 2.22. The van der Waals surface area contributed by atoms with Gasteiger partial charge in [0.25, 0.3) is 0 Å². The van der Waals surface area contributed by atoms with E-state index in [0.29, 0.717) is 26.1 Å². The van der Waals surface area contributed by atoms with E-state index in [-0.39, 0.29) is 31.2 Å². The summed E-state index contributed by atoms with van der Waals surface area (Å²) < 4.78 is 0. The predicted molar refractivity (Wildman–Crippen MR) is 71.3 cm³/mol. The monoisotopic (exact) mass is 297 g/mol. The van der Waals surface area contributed by atoms with Gasteiger partial charge < -0.3 is 14.9 Å². The molecule has 2 fully saturated rings. The van der Waals surface area contributed by atoms with E-state index >= 15 is 0 Å². The highest BCUT2D eigenvalue weighted by atomic mass is 16.4. The van der Waals surface area contributed by atoms with Crippen molar-refractivity contribution in [3.63, 3.8) is 0 Å². The number of carbonyl (C=O) groups is 4. The van der Waals surface area contributed by atoms with Crippen LogP contribution in [-0.2, 0) is 14.4 Å². The number of imide groups is 1. The van der Waals surface area contributed by atoms with Gasteiger partial charge in [-0.3, -0.25) is 19.7 Å². The first-order valence-corrected chi connectivity index (χ1v) is 7.07. The van der Waals surface area contributed by atoms with Gasteiger partial charge in [-0.05, 0) is 12.8 Å². The van der Waals surface area contributed by atoms with Crippen LogP contribution in [0.2, 0.25) is 0 Å². The standard InChI is InChI=1S/C13H19N3O5/c17-10(2-1-3-12(19)20)14-13(21)15-6-7-16-9(8-15)4-5-11(16)18/h9H,1-8H2,(H,19,20)(H,14,17,21). The van der Waals surface area contributed by atoms with Gasteiger partial charge in [0.2, 0.25) is 11.8 Å². The molecule has 0 aromatic heterocycles. The third-order valence-electron chi connectivity index (χ3n) is 3.82. The molecular formula is C13H19N3O5. The smallest absolute Gasteiger partial charge is 0.324 e. The molecule has 2 saturated heterocycles. The average Bonchev–Trinajstić information content (AvgIpc) is 2.79. The molecule has 2 aliphatic heterocycles. The van der Waals surface area contributed by atoms with Crippen molar-refractivity contribution in [2.75, 3.05) is 19.6 Å². The van der Waals surface area contributed by atoms with E-state index in [2.05, 4.69) is 5.32 Å². The van der Waals surface area contributed by atoms with Crippen molar-refractivity contribution in [1.82, 2.24) is 15.1 Å². The Morgan fingerprint density at radius 1 is 1.24 bits per heavy atom. The molecule has 8 heteroatoms. The Bertz CT molecular complexity index is 465. The molecule has 0 aromatic carbocycles. The van der Waals surface area contributed by atoms with Gasteiger partial charge in [-0.25, -0.2) is 4.79 Å². The molecule has 116 valence electrons. The van der Waals surface area contributed by atoms with Crippen molar-refractivity contribution in [2.24, 2.45) is 0 Å². The van der Waals surface area contributed by atoms with Crippen molar-refractivity contribution in [3.05, 3.63) is 0 Å². The molecule has 0 bridgehead atoms. The maximum atomic E-state index is 11.9. The van der Waals surface area contributed by atoms with Crippen LogP contribution in [0.4, 0.5) is 4.79 Å². The van der Waals surface area contributed by atoms with Gasteiger partial charge in [0.05, 0.1) is 0 Å². The summed E-state index contributed by atoms with van der Waals surface area (Å²) in [6.07, 6.45) is 1.40. The summed E-state index contributed by atoms with van der Waals surface area (Å²) in [5.41, 5.74) is 0. The Labute approximate surface area is 122 Å². The molecular weight excluding hydrogens is 278 g/mol. The first-order chi connectivity index (χ1) is 9.97. The number of urea groups is 1. The first-order valence-electron chi connectivity index (χ1n) is 7.07. The number of fused-ring (bicyclic) bond motifs is 1. The maximum Gasteiger partial charge on any atom is 0.324 e. The van der Waals surface area contributed by atoms with Crippen molar-refractivity contribution in [1.29, 1.82) is 0 Å². The van der Waals surface area contributed by atoms with Crippen LogP contribution in [0.25, 0.3) is 0 Å². The number of nitrogens with zero attached hydrogens (tertiary/aromatic N) is 2. The van der Waals surface area contributed by atoms with Crippen LogP contribution in [0.3, 0.4) is 0 Å². The van der Waals surface area contributed by atoms with Crippen LogP contribution in [-0.4, -0.2) is 64.4 Å². The van der Waals surface area contributed by atoms with E-state index in [0.717, 1.165) is 6.42 Å². The largest absolute Gasteiger partial charge is 0.481 e. The number of piperazine rings is 1. The molecule has 0 aromatic rings. The van der Waals surface area contributed by atoms with Crippen LogP contribution in [0.15, 0.2) is 0 Å². The van der Waals surface area contributed by atoms with Crippen LogP contribution < -0.4 is 5.32 Å². The van der Waals surface area contributed by atoms with E-state index in [1.54, 1.807) is 4.90 Å². The number of nitrogens with one attached hydrogen (secondary N) is 1. The number of hydrogen-bond acceptors (Lipinski definition) is 4. The molecule has 0 saturated carbocycles. The summed E-state index contributed by atoms with van der Waals surface area (Å²) in [6, 6.07) is -0.409. The van der Waals surface area contributed by atoms with E-state index in [1.807, 2.05) is 0 Å². The summed E-state index contributed by atoms with van der Waals surface area (Å²) in [5.74, 6) is -1.30. The fraction of sp³-hybridized carbons (Fsp3) is 0.692. The zero-order valence-corrected chi connectivity index (χ0v) is 11.7. The molecule has 21 heavy (non-hydrogen) atoms. The number of carboxylic acids is 1. The Morgan fingerprint density at radius 3 is 2.71 bits per heavy atom. The number of amides is 4. The number of aliphatic carboxylic acids is 1. The molecule has 2 N–H and O–H groups in total. The Hall–Kier alpha value is -2.12. The molecule has 1 unspecified atom stereocenters. The average molecular weight is 297 g/mol. The summed E-state index contributed by atoms with van der Waals surface area (Å²) >= 11 is 0. The van der Waals surface area contributed by atoms with Crippen LogP contribution in [0.1, 0.15) is 32.1 Å². The highest BCUT2D eigenvalue weighted by molar-refractivity contribution is 5.94. The van der Waals surface area contributed by atoms with E-state index in [1.165, 1.54) is 4.90 Å². The van der Waals surface area contributed by atoms with E-state index < -0.39 is 17.9 Å². The second-order valence-corrected chi connectivity index (χ2v) is 5.33. The summed E-state index contributed by atoms with van der Waals surface area (Å²) in [6.45, 7) is 1.36. The molecule has 2 aliphatic rings. The number of hydrogen-bond donors (Lipinski definition) is 2. The lowest BCUT2D eigenvalue weighted by Gasteiger charge is -2.37. The zero-order valence-electron chi connectivity index (χ0n) is 11.7. The lowest BCUT2D eigenvalue weighted by atomic mass is 10.1. The first kappa shape index (κ1) is 15.3. The summed E-state index contributed by atoms with van der Waals surface area (Å²) in [5, 5.41) is 10.7. The van der Waals surface area contributed by atoms with Gasteiger partial charge in [-0.2, -0.15) is 0 Å². The Kier molecular flexibility index (Phi) is 4.77. The molecule has 2 heterocycles. The predicted octanol–water partition coefficient (Wildman–Crippen LogP) is -0.216. The molecule has 0 radical (unpaired) electrons. The van der Waals surface area contributed by atoms with Crippen molar-refractivity contribution in [3.8, 4) is 0 Å². The molecule has 8 nitrogen and oxygen atoms in total. The van der Waals surface area contributed by atoms with Gasteiger partial charge in [0.1, 0.15) is 0 Å². The number of carboxylic acid groups (broad SMARTS) is 1. The van der Waals surface area contributed by atoms with Crippen molar-refractivity contribution < 1.29 is 24.3 Å². The van der Waals surface area contributed by atoms with Gasteiger partial charge in [-0.15, -0.1) is 0 Å². The minimum atomic E-state index is -0.962. The third kappa shape index (κ3) is 3.93. The second kappa shape index (κ2) is 6.55. The van der Waals surface area contributed by atoms with Crippen LogP contribution >= 0.6 is 0 Å². The molecule has 0 spiro atoms. The fourth-order valence-electron chi connectivity index (χ4n) is 2.71. The zero-order chi connectivity index (χ0) is 15.4. The van der Waals surface area contributed by atoms with Crippen LogP contribution in [0.5, 0.6) is 0 Å². The highest BCUT2D eigenvalue weighted by Gasteiger charge is 2.37. The summed E-state index contributed by atoms with van der Waals surface area (Å²) in [7, 11) is 0. The minimum absolute atomic E-state index is 0.0138. The molecule has 1 atom stereocenters. The lowest BCUT2D eigenvalue weighted by Crippen LogP contribution is -2.56. The normalized spacial score (nSPS) is 21.1. The third-order valence-corrected chi connectivity index (χ3v) is 3.82. The van der Waals surface area contributed by atoms with Gasteiger partial charge in [-0.1, -0.05) is 0 Å². The topological polar surface area (TPSA) is 107 Å². The number of rotatable bonds is 4. The maximum absolute atomic E-state index is 11.9. The van der Waals surface area contributed by atoms with Crippen molar-refractivity contribution in [2.45, 2.75) is 38.1 Å². The quantitative estimate of drug-likeness (QED) is 0.746. The number of carbonyl (C=O) groups excluding carboxylic acids is 3. The Morgan fingerprint density at radius 2 is 2.00 bits per heavy atom. The Balaban J connectivity index is 1.75. The molecule has 2 rings (SSSR count). The van der Waals surface area contributed by atoms with Crippen LogP contribution in [0, 0.1) is 0 Å². The second-order valence-electron chi connectivity index (χ2n) is 5.33. The van der Waals surface area contributed by atoms with Gasteiger partial charge in [0.15, 0.2) is 0 Å². The SMILES string of the molecule is O=C(O)CCCC(=O)NC(=O)N1CCN2C(=O)CCC2C1. The minimum Gasteiger partial charge on any atom is -0.481 e. The molecule has 0 aliphatic carbocycles. The fourth-order valence-corrected chi connectivity index (χ4v) is 2.71. The van der Waals surface area contributed by atoms with Gasteiger partial charge >= 0.3 is 12.0 Å². The van der Waals surface area contributed by atoms with Gasteiger partial charge in [0, 0.05) is 44.9 Å². The molecule has 4 amide bonds.